The molecule has 21 heavy (non-hydrogen) atoms. The molecule has 0 bridgehead atoms. The minimum absolute atomic E-state index is 0.269. The second-order valence-corrected chi connectivity index (χ2v) is 4.76. The molecule has 1 atom stereocenters. The Labute approximate surface area is 123 Å². The maximum atomic E-state index is 12.2. The van der Waals surface area contributed by atoms with Crippen molar-refractivity contribution in [3.05, 3.63) is 65.7 Å². The first-order chi connectivity index (χ1) is 10.3. The third-order valence-electron chi connectivity index (χ3n) is 3.44. The highest BCUT2D eigenvalue weighted by molar-refractivity contribution is 6.03. The molecule has 0 unspecified atom stereocenters. The van der Waals surface area contributed by atoms with Crippen LogP contribution in [0.3, 0.4) is 0 Å². The number of methoxy groups -OCH3 is 1. The number of aliphatic imine (C=N–C) groups is 1. The summed E-state index contributed by atoms with van der Waals surface area (Å²) in [4.78, 5) is 16.6. The number of carbonyl (C=O) groups excluding carboxylic acids is 1. The normalized spacial score (nSPS) is 17.9. The van der Waals surface area contributed by atoms with E-state index in [1.54, 1.807) is 7.11 Å². The van der Waals surface area contributed by atoms with Crippen molar-refractivity contribution in [3.8, 4) is 5.75 Å². The molecule has 1 aliphatic heterocycles. The summed E-state index contributed by atoms with van der Waals surface area (Å²) in [5, 5.41) is 0. The maximum absolute atomic E-state index is 12.2. The van der Waals surface area contributed by atoms with Gasteiger partial charge in [0, 0.05) is 5.56 Å². The van der Waals surface area contributed by atoms with Gasteiger partial charge in [0.25, 0.3) is 0 Å². The van der Waals surface area contributed by atoms with Crippen LogP contribution in [0, 0.1) is 0 Å². The van der Waals surface area contributed by atoms with Crippen molar-refractivity contribution in [3.63, 3.8) is 0 Å². The van der Waals surface area contributed by atoms with Crippen molar-refractivity contribution in [1.82, 2.24) is 0 Å². The Morgan fingerprint density at radius 1 is 1.10 bits per heavy atom. The van der Waals surface area contributed by atoms with Gasteiger partial charge in [-0.25, -0.2) is 4.99 Å². The summed E-state index contributed by atoms with van der Waals surface area (Å²) in [5.41, 5.74) is 1.70. The van der Waals surface area contributed by atoms with E-state index in [4.69, 9.17) is 9.47 Å². The summed E-state index contributed by atoms with van der Waals surface area (Å²) < 4.78 is 10.5. The van der Waals surface area contributed by atoms with Crippen LogP contribution in [0.15, 0.2) is 59.6 Å². The molecule has 106 valence electrons. The highest BCUT2D eigenvalue weighted by Gasteiger charge is 2.28. The Morgan fingerprint density at radius 3 is 2.43 bits per heavy atom. The van der Waals surface area contributed by atoms with Crippen molar-refractivity contribution < 1.29 is 14.3 Å². The monoisotopic (exact) mass is 281 g/mol. The van der Waals surface area contributed by atoms with Gasteiger partial charge in [0.1, 0.15) is 11.7 Å². The lowest BCUT2D eigenvalue weighted by molar-refractivity contribution is -0.137. The molecule has 0 saturated carbocycles. The third-order valence-corrected chi connectivity index (χ3v) is 3.44. The van der Waals surface area contributed by atoms with Crippen LogP contribution in [0.4, 0.5) is 0 Å². The smallest absolute Gasteiger partial charge is 0.322 e. The molecule has 1 aliphatic rings. The summed E-state index contributed by atoms with van der Waals surface area (Å²) in [6.07, 6.45) is 0. The summed E-state index contributed by atoms with van der Waals surface area (Å²) in [6.45, 7) is 0.398. The fraction of sp³-hybridized carbons (Fsp3) is 0.176. The number of carbonyl (C=O) groups is 1. The van der Waals surface area contributed by atoms with Gasteiger partial charge in [-0.05, 0) is 29.8 Å². The molecular weight excluding hydrogens is 266 g/mol. The molecule has 0 N–H and O–H groups in total. The average molecular weight is 281 g/mol. The molecule has 4 heteroatoms. The fourth-order valence-electron chi connectivity index (χ4n) is 2.26. The number of hydrogen-bond donors (Lipinski definition) is 0. The molecule has 2 aromatic carbocycles. The van der Waals surface area contributed by atoms with Gasteiger partial charge in [0.15, 0.2) is 0 Å². The van der Waals surface area contributed by atoms with Crippen molar-refractivity contribution in [2.45, 2.75) is 5.92 Å². The van der Waals surface area contributed by atoms with Crippen molar-refractivity contribution in [2.24, 2.45) is 4.99 Å². The van der Waals surface area contributed by atoms with E-state index in [1.165, 1.54) is 0 Å². The van der Waals surface area contributed by atoms with Crippen LogP contribution in [-0.4, -0.2) is 25.5 Å². The van der Waals surface area contributed by atoms with E-state index in [1.807, 2.05) is 54.6 Å². The Balaban J connectivity index is 1.81. The molecule has 2 aromatic rings. The van der Waals surface area contributed by atoms with Gasteiger partial charge in [-0.3, -0.25) is 4.79 Å². The van der Waals surface area contributed by atoms with Crippen molar-refractivity contribution >= 4 is 11.9 Å². The van der Waals surface area contributed by atoms with Crippen LogP contribution in [-0.2, 0) is 9.53 Å². The number of esters is 1. The van der Waals surface area contributed by atoms with E-state index in [9.17, 15) is 4.79 Å². The number of rotatable bonds is 3. The largest absolute Gasteiger partial charge is 0.497 e. The Kier molecular flexibility index (Phi) is 3.69. The van der Waals surface area contributed by atoms with Crippen LogP contribution in [0.5, 0.6) is 5.75 Å². The van der Waals surface area contributed by atoms with E-state index in [2.05, 4.69) is 4.99 Å². The molecule has 3 rings (SSSR count). The first-order valence-electron chi connectivity index (χ1n) is 6.73. The lowest BCUT2D eigenvalue weighted by Gasteiger charge is -2.20. The lowest BCUT2D eigenvalue weighted by atomic mass is 9.98. The molecule has 0 fully saturated rings. The van der Waals surface area contributed by atoms with Crippen LogP contribution >= 0.6 is 0 Å². The zero-order valence-electron chi connectivity index (χ0n) is 11.7. The predicted octanol–water partition coefficient (Wildman–Crippen LogP) is 2.78. The number of ether oxygens (including phenoxy) is 2. The van der Waals surface area contributed by atoms with Crippen LogP contribution in [0.2, 0.25) is 0 Å². The standard InChI is InChI=1S/C17H15NO3/c1-20-14-9-7-12(8-10-14)15-11-18-16(21-17(15)19)13-5-3-2-4-6-13/h2-10,15H,11H2,1H3/t15-/m1/s1. The number of cyclic esters (lactones) is 1. The second-order valence-electron chi connectivity index (χ2n) is 4.76. The van der Waals surface area contributed by atoms with Gasteiger partial charge in [-0.1, -0.05) is 30.3 Å². The molecular formula is C17H15NO3. The van der Waals surface area contributed by atoms with Gasteiger partial charge in [0.2, 0.25) is 5.90 Å². The van der Waals surface area contributed by atoms with Crippen molar-refractivity contribution in [1.29, 1.82) is 0 Å². The average Bonchev–Trinajstić information content (AvgIpc) is 2.56. The third kappa shape index (κ3) is 2.79. The topological polar surface area (TPSA) is 47.9 Å². The van der Waals surface area contributed by atoms with E-state index in [-0.39, 0.29) is 11.9 Å². The lowest BCUT2D eigenvalue weighted by Crippen LogP contribution is -2.28. The van der Waals surface area contributed by atoms with Gasteiger partial charge in [-0.2, -0.15) is 0 Å². The predicted molar refractivity (Wildman–Crippen MR) is 79.7 cm³/mol. The van der Waals surface area contributed by atoms with Gasteiger partial charge < -0.3 is 9.47 Å². The molecule has 0 aromatic heterocycles. The van der Waals surface area contributed by atoms with Gasteiger partial charge in [0.05, 0.1) is 13.7 Å². The minimum Gasteiger partial charge on any atom is -0.497 e. The SMILES string of the molecule is COc1ccc([C@H]2CN=C(c3ccccc3)OC2=O)cc1. The molecule has 1 heterocycles. The summed E-state index contributed by atoms with van der Waals surface area (Å²) in [7, 11) is 1.61. The maximum Gasteiger partial charge on any atom is 0.322 e. The van der Waals surface area contributed by atoms with E-state index in [0.29, 0.717) is 12.4 Å². The number of nitrogens with zero attached hydrogens (tertiary/aromatic N) is 1. The Morgan fingerprint density at radius 2 is 1.81 bits per heavy atom. The first-order valence-corrected chi connectivity index (χ1v) is 6.73. The van der Waals surface area contributed by atoms with Gasteiger partial charge in [-0.15, -0.1) is 0 Å². The highest BCUT2D eigenvalue weighted by atomic mass is 16.5. The fourth-order valence-corrected chi connectivity index (χ4v) is 2.26. The molecule has 0 amide bonds. The summed E-state index contributed by atoms with van der Waals surface area (Å²) in [6, 6.07) is 16.8. The van der Waals surface area contributed by atoms with Crippen LogP contribution < -0.4 is 4.74 Å². The summed E-state index contributed by atoms with van der Waals surface area (Å²) in [5.74, 6) is 0.527. The van der Waals surface area contributed by atoms with E-state index in [0.717, 1.165) is 16.9 Å². The Hall–Kier alpha value is -2.62. The number of benzene rings is 2. The number of hydrogen-bond acceptors (Lipinski definition) is 4. The molecule has 4 nitrogen and oxygen atoms in total. The van der Waals surface area contributed by atoms with Gasteiger partial charge >= 0.3 is 5.97 Å². The molecule has 0 saturated heterocycles. The van der Waals surface area contributed by atoms with E-state index >= 15 is 0 Å². The van der Waals surface area contributed by atoms with Crippen molar-refractivity contribution in [2.75, 3.05) is 13.7 Å². The van der Waals surface area contributed by atoms with Crippen LogP contribution in [0.1, 0.15) is 17.0 Å². The minimum atomic E-state index is -0.358. The van der Waals surface area contributed by atoms with Crippen LogP contribution in [0.25, 0.3) is 0 Å². The Bertz CT molecular complexity index is 662. The quantitative estimate of drug-likeness (QED) is 0.813. The highest BCUT2D eigenvalue weighted by Crippen LogP contribution is 2.24. The molecule has 0 radical (unpaired) electrons. The zero-order chi connectivity index (χ0) is 14.7. The molecule has 0 aliphatic carbocycles. The summed E-state index contributed by atoms with van der Waals surface area (Å²) >= 11 is 0. The van der Waals surface area contributed by atoms with E-state index < -0.39 is 0 Å². The second kappa shape index (κ2) is 5.79. The zero-order valence-corrected chi connectivity index (χ0v) is 11.7. The first kappa shape index (κ1) is 13.4. The molecule has 0 spiro atoms.